The average Bonchev–Trinajstić information content (AvgIpc) is 3.41. The molecule has 1 saturated carbocycles. The summed E-state index contributed by atoms with van der Waals surface area (Å²) in [5, 5.41) is 8.04. The molecule has 1 aliphatic heterocycles. The van der Waals surface area contributed by atoms with Crippen LogP contribution in [0.25, 0.3) is 11.0 Å². The number of aromatic nitrogens is 5. The first-order chi connectivity index (χ1) is 25.2. The summed E-state index contributed by atoms with van der Waals surface area (Å²) in [6, 6.07) is 8.69. The number of hydrogen-bond donors (Lipinski definition) is 1. The highest BCUT2D eigenvalue weighted by Gasteiger charge is 2.71. The molecule has 0 saturated heterocycles. The topological polar surface area (TPSA) is 166 Å². The summed E-state index contributed by atoms with van der Waals surface area (Å²) in [5.74, 6) is -1.65. The Hall–Kier alpha value is -4.34. The van der Waals surface area contributed by atoms with Crippen molar-refractivity contribution in [2.75, 3.05) is 27.4 Å². The van der Waals surface area contributed by atoms with E-state index < -0.39 is 60.3 Å². The summed E-state index contributed by atoms with van der Waals surface area (Å²) in [7, 11) is 4.53. The number of halogens is 4. The first-order valence-corrected chi connectivity index (χ1v) is 17.8. The Morgan fingerprint density at radius 2 is 1.60 bits per heavy atom. The van der Waals surface area contributed by atoms with Crippen LogP contribution in [0.15, 0.2) is 72.5 Å². The summed E-state index contributed by atoms with van der Waals surface area (Å²) in [4.78, 5) is 69.5. The second-order valence-corrected chi connectivity index (χ2v) is 14.8. The van der Waals surface area contributed by atoms with Crippen LogP contribution in [0.4, 0.5) is 0 Å². The van der Waals surface area contributed by atoms with E-state index >= 15 is 0 Å². The number of aliphatic hydroxyl groups is 1. The molecule has 0 amide bonds. The molecule has 0 bridgehead atoms. The normalized spacial score (nSPS) is 23.7. The van der Waals surface area contributed by atoms with Gasteiger partial charge in [-0.05, 0) is 23.3 Å². The van der Waals surface area contributed by atoms with Gasteiger partial charge in [0.05, 0.1) is 44.4 Å². The monoisotopic (exact) mass is 805 g/mol. The zero-order chi connectivity index (χ0) is 38.1. The Labute approximate surface area is 320 Å². The molecule has 3 heterocycles. The smallest absolute Gasteiger partial charge is 0.347 e. The van der Waals surface area contributed by atoms with Crippen LogP contribution < -0.4 is 31.1 Å². The van der Waals surface area contributed by atoms with E-state index in [1.54, 1.807) is 49.5 Å². The molecular weight excluding hydrogens is 776 g/mol. The Morgan fingerprint density at radius 3 is 2.26 bits per heavy atom. The summed E-state index contributed by atoms with van der Waals surface area (Å²) < 4.78 is 21.1. The third-order valence-corrected chi connectivity index (χ3v) is 12.4. The number of hydrogen-bond acceptors (Lipinski definition) is 10. The van der Waals surface area contributed by atoms with Crippen molar-refractivity contribution in [1.82, 2.24) is 23.5 Å². The summed E-state index contributed by atoms with van der Waals surface area (Å²) in [5.41, 5.74) is 0.0866. The predicted molar refractivity (Wildman–Crippen MR) is 196 cm³/mol. The fourth-order valence-corrected chi connectivity index (χ4v) is 9.12. The van der Waals surface area contributed by atoms with E-state index in [1.807, 2.05) is 0 Å². The molecule has 2 aromatic heterocycles. The van der Waals surface area contributed by atoms with Crippen LogP contribution in [0.2, 0.25) is 0 Å². The predicted octanol–water partition coefficient (Wildman–Crippen LogP) is 3.15. The molecule has 0 unspecified atom stereocenters. The molecule has 3 aliphatic rings. The minimum absolute atomic E-state index is 0.0407. The van der Waals surface area contributed by atoms with E-state index in [-0.39, 0.29) is 44.8 Å². The fourth-order valence-electron chi connectivity index (χ4n) is 7.59. The lowest BCUT2D eigenvalue weighted by Gasteiger charge is -2.54. The largest absolute Gasteiger partial charge is 0.493 e. The van der Waals surface area contributed by atoms with Crippen molar-refractivity contribution in [3.63, 3.8) is 0 Å². The molecule has 2 aromatic carbocycles. The van der Waals surface area contributed by atoms with Crippen molar-refractivity contribution < 1.29 is 28.9 Å². The van der Waals surface area contributed by atoms with Crippen molar-refractivity contribution >= 4 is 69.0 Å². The maximum Gasteiger partial charge on any atom is 0.347 e. The maximum absolute atomic E-state index is 14.2. The second kappa shape index (κ2) is 13.5. The molecule has 1 N–H and O–H groups in total. The number of aryl methyl sites for hydroxylation is 2. The number of aliphatic hydroxyl groups excluding tert-OH is 1. The minimum atomic E-state index is -2.20. The van der Waals surface area contributed by atoms with Gasteiger partial charge in [0.25, 0.3) is 5.56 Å². The Morgan fingerprint density at radius 1 is 0.943 bits per heavy atom. The van der Waals surface area contributed by atoms with E-state index in [0.717, 1.165) is 4.57 Å². The van der Waals surface area contributed by atoms with Gasteiger partial charge in [-0.3, -0.25) is 14.4 Å². The Balaban J connectivity index is 1.31. The number of carbonyl (C=O) groups is 2. The lowest BCUT2D eigenvalue weighted by molar-refractivity contribution is -0.128. The van der Waals surface area contributed by atoms with Crippen LogP contribution in [-0.4, -0.2) is 77.3 Å². The van der Waals surface area contributed by atoms with Gasteiger partial charge in [0.15, 0.2) is 23.1 Å². The number of fused-ring (bicyclic) bond motifs is 5. The molecule has 14 nitrogen and oxygen atoms in total. The van der Waals surface area contributed by atoms with Gasteiger partial charge in [0.1, 0.15) is 37.9 Å². The molecule has 18 heteroatoms. The maximum atomic E-state index is 14.2. The van der Waals surface area contributed by atoms with E-state index in [1.165, 1.54) is 28.2 Å². The first-order valence-electron chi connectivity index (χ1n) is 16.3. The van der Waals surface area contributed by atoms with E-state index in [0.29, 0.717) is 39.4 Å². The number of rotatable bonds is 9. The van der Waals surface area contributed by atoms with Gasteiger partial charge < -0.3 is 23.9 Å². The van der Waals surface area contributed by atoms with Gasteiger partial charge in [-0.1, -0.05) is 41.4 Å². The van der Waals surface area contributed by atoms with Gasteiger partial charge in [-0.25, -0.2) is 28.5 Å². The molecular formula is C35H31Cl4N5O9. The van der Waals surface area contributed by atoms with Crippen LogP contribution in [0.1, 0.15) is 29.6 Å². The average molecular weight is 807 g/mol. The summed E-state index contributed by atoms with van der Waals surface area (Å²) >= 11 is 27.1. The van der Waals surface area contributed by atoms with Crippen molar-refractivity contribution in [3.8, 4) is 17.2 Å². The van der Waals surface area contributed by atoms with Gasteiger partial charge in [0.2, 0.25) is 0 Å². The van der Waals surface area contributed by atoms with Crippen LogP contribution in [0.3, 0.4) is 0 Å². The number of benzene rings is 2. The van der Waals surface area contributed by atoms with E-state index in [9.17, 15) is 29.1 Å². The lowest BCUT2D eigenvalue weighted by atomic mass is 9.59. The first kappa shape index (κ1) is 37.0. The molecule has 4 atom stereocenters. The highest BCUT2D eigenvalue weighted by atomic mass is 35.5. The van der Waals surface area contributed by atoms with Crippen LogP contribution in [0.5, 0.6) is 17.2 Å². The molecule has 2 aliphatic carbocycles. The molecule has 53 heavy (non-hydrogen) atoms. The zero-order valence-corrected chi connectivity index (χ0v) is 31.4. The van der Waals surface area contributed by atoms with Crippen LogP contribution in [-0.2, 0) is 36.1 Å². The molecule has 278 valence electrons. The summed E-state index contributed by atoms with van der Waals surface area (Å²) in [6.07, 6.45) is 1.22. The number of methoxy groups -OCH3 is 2. The van der Waals surface area contributed by atoms with Gasteiger partial charge >= 0.3 is 11.4 Å². The number of alkyl halides is 2. The highest BCUT2D eigenvalue weighted by molar-refractivity contribution is 6.66. The Bertz CT molecular complexity index is 2470. The van der Waals surface area contributed by atoms with E-state index in [4.69, 9.17) is 60.6 Å². The SMILES string of the molecule is COc1cc2nc(CCn3c(=O)n4n(c3=O)[C@@H]3C[C@@]5(Cl)C(=O)C(Cl)=C(Cl)C(=O)[C@@]5(Cl)[C@@H](c5ccc(OCCO)cc5)C3=CC4)c(=O)n(C)c2cc1OC. The zero-order valence-electron chi connectivity index (χ0n) is 28.4. The third kappa shape index (κ3) is 5.40. The van der Waals surface area contributed by atoms with Crippen molar-refractivity contribution in [2.24, 2.45) is 7.05 Å². The third-order valence-electron chi connectivity index (χ3n) is 10.2. The number of ether oxygens (including phenoxy) is 3. The molecule has 4 aromatic rings. The molecule has 0 spiro atoms. The quantitative estimate of drug-likeness (QED) is 0.196. The second-order valence-electron chi connectivity index (χ2n) is 12.8. The number of nitrogens with zero attached hydrogens (tertiary/aromatic N) is 5. The Kier molecular flexibility index (Phi) is 9.43. The van der Waals surface area contributed by atoms with Gasteiger partial charge in [-0.2, -0.15) is 0 Å². The number of Topliss-reactive ketones (excluding diaryl/α,β-unsaturated/α-hetero) is 2. The molecule has 1 fully saturated rings. The highest BCUT2D eigenvalue weighted by Crippen LogP contribution is 2.63. The molecule has 0 radical (unpaired) electrons. The van der Waals surface area contributed by atoms with Crippen molar-refractivity contribution in [3.05, 3.63) is 101 Å². The van der Waals surface area contributed by atoms with Crippen LogP contribution >= 0.6 is 46.4 Å². The number of carbonyl (C=O) groups excluding carboxylic acids is 2. The number of allylic oxidation sites excluding steroid dienone is 4. The fraction of sp³-hybridized carbons (Fsp3) is 0.371. The van der Waals surface area contributed by atoms with Crippen LogP contribution in [0, 0.1) is 0 Å². The molecule has 7 rings (SSSR count). The number of ketones is 2. The van der Waals surface area contributed by atoms with Crippen molar-refractivity contribution in [1.29, 1.82) is 0 Å². The summed E-state index contributed by atoms with van der Waals surface area (Å²) in [6.45, 7) is -0.469. The minimum Gasteiger partial charge on any atom is -0.493 e. The standard InChI is InChI=1S/C35H31Cl4N5O9/c1-41-22-15-25(52-3)24(51-2)14-21(22)40-20(31(41)48)9-10-42-32(49)43-11-8-19-23(44(43)33(42)50)16-34(38)29(46)27(36)28(37)30(47)35(34,39)26(19)17-4-6-18(7-5-17)53-13-12-45/h4-8,14-15,23,26,45H,9-13,16H2,1-3H3/t23-,26+,34-,35+/m1/s1. The lowest BCUT2D eigenvalue weighted by Crippen LogP contribution is -2.67. The van der Waals surface area contributed by atoms with E-state index in [2.05, 4.69) is 4.98 Å². The van der Waals surface area contributed by atoms with Gasteiger partial charge in [0, 0.05) is 44.5 Å². The van der Waals surface area contributed by atoms with Crippen molar-refractivity contribution in [2.45, 2.75) is 47.6 Å². The van der Waals surface area contributed by atoms with Gasteiger partial charge in [-0.15, -0.1) is 23.2 Å².